The van der Waals surface area contributed by atoms with Gasteiger partial charge < -0.3 is 14.2 Å². The standard InChI is InChI=1S/C61H106O5/c1-4-7-10-13-16-19-22-25-27-29-31-32-34-37-39-42-45-48-51-54-60(62)65-58-59(66-61(63)55-52-49-46-43-40-36-24-21-18-15-12-9-6-3)57-64-56-53-50-47-44-41-38-35-33-30-28-26-23-20-17-14-11-8-5-2/h8,11,16-17,19-20,25-28,31-33,35,59H,4-7,9-10,12-15,18,21-24,29-30,34,36-58H2,1-3H3/b11-8-,19-16-,20-17-,27-25-,28-26-,32-31-,35-33-. The van der Waals surface area contributed by atoms with Crippen molar-refractivity contribution in [2.75, 3.05) is 19.8 Å². The monoisotopic (exact) mass is 919 g/mol. The maximum atomic E-state index is 12.8. The fourth-order valence-electron chi connectivity index (χ4n) is 7.74. The fraction of sp³-hybridized carbons (Fsp3) is 0.738. The van der Waals surface area contributed by atoms with Crippen LogP contribution < -0.4 is 0 Å². The predicted molar refractivity (Wildman–Crippen MR) is 288 cm³/mol. The van der Waals surface area contributed by atoms with Gasteiger partial charge in [0.2, 0.25) is 0 Å². The zero-order valence-electron chi connectivity index (χ0n) is 43.7. The van der Waals surface area contributed by atoms with Crippen LogP contribution in [0.5, 0.6) is 0 Å². The second-order valence-electron chi connectivity index (χ2n) is 18.5. The summed E-state index contributed by atoms with van der Waals surface area (Å²) < 4.78 is 17.4. The number of allylic oxidation sites excluding steroid dienone is 14. The molecule has 0 aliphatic carbocycles. The van der Waals surface area contributed by atoms with Crippen LogP contribution in [0.4, 0.5) is 0 Å². The van der Waals surface area contributed by atoms with Crippen LogP contribution in [0.3, 0.4) is 0 Å². The lowest BCUT2D eigenvalue weighted by Crippen LogP contribution is -2.30. The van der Waals surface area contributed by atoms with E-state index in [1.807, 2.05) is 0 Å². The van der Waals surface area contributed by atoms with Crippen molar-refractivity contribution in [3.63, 3.8) is 0 Å². The molecule has 0 heterocycles. The molecule has 66 heavy (non-hydrogen) atoms. The molecule has 0 aliphatic heterocycles. The van der Waals surface area contributed by atoms with Gasteiger partial charge >= 0.3 is 11.9 Å². The lowest BCUT2D eigenvalue weighted by Gasteiger charge is -2.18. The average Bonchev–Trinajstić information content (AvgIpc) is 3.32. The van der Waals surface area contributed by atoms with Gasteiger partial charge in [-0.3, -0.25) is 9.59 Å². The third-order valence-electron chi connectivity index (χ3n) is 11.9. The van der Waals surface area contributed by atoms with Crippen molar-refractivity contribution in [3.8, 4) is 0 Å². The Morgan fingerprint density at radius 1 is 0.348 bits per heavy atom. The van der Waals surface area contributed by atoms with Gasteiger partial charge in [-0.1, -0.05) is 241 Å². The van der Waals surface area contributed by atoms with Crippen molar-refractivity contribution in [2.24, 2.45) is 0 Å². The van der Waals surface area contributed by atoms with Crippen molar-refractivity contribution < 1.29 is 23.8 Å². The topological polar surface area (TPSA) is 61.8 Å². The molecule has 5 heteroatoms. The largest absolute Gasteiger partial charge is 0.462 e. The van der Waals surface area contributed by atoms with E-state index in [0.29, 0.717) is 19.4 Å². The second kappa shape index (κ2) is 56.4. The first-order chi connectivity index (χ1) is 32.6. The van der Waals surface area contributed by atoms with Crippen LogP contribution in [0.25, 0.3) is 0 Å². The fourth-order valence-corrected chi connectivity index (χ4v) is 7.74. The number of rotatable bonds is 51. The Morgan fingerprint density at radius 3 is 1.12 bits per heavy atom. The Morgan fingerprint density at radius 2 is 0.682 bits per heavy atom. The lowest BCUT2D eigenvalue weighted by atomic mass is 10.0. The molecule has 0 amide bonds. The van der Waals surface area contributed by atoms with Crippen LogP contribution in [0.15, 0.2) is 85.1 Å². The second-order valence-corrected chi connectivity index (χ2v) is 18.5. The highest BCUT2D eigenvalue weighted by molar-refractivity contribution is 5.70. The van der Waals surface area contributed by atoms with Crippen molar-refractivity contribution >= 4 is 11.9 Å². The minimum Gasteiger partial charge on any atom is -0.462 e. The molecule has 0 N–H and O–H groups in total. The summed E-state index contributed by atoms with van der Waals surface area (Å²) in [6.07, 6.45) is 74.5. The van der Waals surface area contributed by atoms with Gasteiger partial charge in [-0.05, 0) is 96.3 Å². The Bertz CT molecular complexity index is 1220. The van der Waals surface area contributed by atoms with Gasteiger partial charge in [0.15, 0.2) is 6.10 Å². The molecule has 0 aliphatic rings. The smallest absolute Gasteiger partial charge is 0.306 e. The summed E-state index contributed by atoms with van der Waals surface area (Å²) in [6.45, 7) is 7.65. The zero-order chi connectivity index (χ0) is 47.7. The van der Waals surface area contributed by atoms with E-state index in [2.05, 4.69) is 106 Å². The Hall–Kier alpha value is -2.92. The van der Waals surface area contributed by atoms with E-state index in [1.165, 1.54) is 135 Å². The number of hydrogen-bond donors (Lipinski definition) is 0. The van der Waals surface area contributed by atoms with Gasteiger partial charge in [-0.25, -0.2) is 0 Å². The van der Waals surface area contributed by atoms with Gasteiger partial charge in [-0.2, -0.15) is 0 Å². The first-order valence-corrected chi connectivity index (χ1v) is 28.1. The average molecular weight is 920 g/mol. The Kier molecular flexibility index (Phi) is 53.9. The van der Waals surface area contributed by atoms with E-state index in [9.17, 15) is 9.59 Å². The first kappa shape index (κ1) is 63.1. The molecule has 0 aromatic carbocycles. The minimum absolute atomic E-state index is 0.0694. The molecule has 0 fully saturated rings. The summed E-state index contributed by atoms with van der Waals surface area (Å²) >= 11 is 0. The van der Waals surface area contributed by atoms with Crippen molar-refractivity contribution in [1.29, 1.82) is 0 Å². The van der Waals surface area contributed by atoms with Gasteiger partial charge in [0.25, 0.3) is 0 Å². The molecule has 1 unspecified atom stereocenters. The van der Waals surface area contributed by atoms with E-state index >= 15 is 0 Å². The summed E-state index contributed by atoms with van der Waals surface area (Å²) in [5.74, 6) is -0.417. The number of carbonyl (C=O) groups is 2. The highest BCUT2D eigenvalue weighted by atomic mass is 16.6. The molecule has 0 saturated carbocycles. The molecule has 0 aromatic rings. The molecular formula is C61H106O5. The van der Waals surface area contributed by atoms with E-state index in [-0.39, 0.29) is 25.2 Å². The van der Waals surface area contributed by atoms with Crippen LogP contribution in [0.2, 0.25) is 0 Å². The van der Waals surface area contributed by atoms with Crippen LogP contribution in [-0.2, 0) is 23.8 Å². The van der Waals surface area contributed by atoms with E-state index < -0.39 is 6.10 Å². The third kappa shape index (κ3) is 53.7. The molecule has 0 rings (SSSR count). The summed E-state index contributed by atoms with van der Waals surface area (Å²) in [6, 6.07) is 0. The van der Waals surface area contributed by atoms with Crippen LogP contribution in [0.1, 0.15) is 265 Å². The number of ether oxygens (including phenoxy) is 3. The Balaban J connectivity index is 4.31. The molecular weight excluding hydrogens is 813 g/mol. The summed E-state index contributed by atoms with van der Waals surface area (Å²) in [5.41, 5.74) is 0. The van der Waals surface area contributed by atoms with Gasteiger partial charge in [0.1, 0.15) is 6.61 Å². The predicted octanol–water partition coefficient (Wildman–Crippen LogP) is 19.2. The molecule has 0 spiro atoms. The minimum atomic E-state index is -0.554. The van der Waals surface area contributed by atoms with Crippen LogP contribution >= 0.6 is 0 Å². The lowest BCUT2D eigenvalue weighted by molar-refractivity contribution is -0.163. The summed E-state index contributed by atoms with van der Waals surface area (Å²) in [7, 11) is 0. The van der Waals surface area contributed by atoms with E-state index in [1.54, 1.807) is 0 Å². The van der Waals surface area contributed by atoms with Crippen LogP contribution in [-0.4, -0.2) is 37.9 Å². The van der Waals surface area contributed by atoms with Gasteiger partial charge in [0.05, 0.1) is 6.61 Å². The van der Waals surface area contributed by atoms with Gasteiger partial charge in [0, 0.05) is 19.4 Å². The summed E-state index contributed by atoms with van der Waals surface area (Å²) in [5, 5.41) is 0. The highest BCUT2D eigenvalue weighted by Crippen LogP contribution is 2.15. The maximum absolute atomic E-state index is 12.8. The maximum Gasteiger partial charge on any atom is 0.306 e. The molecule has 0 bridgehead atoms. The highest BCUT2D eigenvalue weighted by Gasteiger charge is 2.17. The third-order valence-corrected chi connectivity index (χ3v) is 11.9. The SMILES string of the molecule is CC/C=C\C/C=C\C/C=C\C/C=C\CCCCCCCOCC(COC(=O)CCCCCCCC/C=C\C/C=C\C/C=C\CCCCC)OC(=O)CCCCCCCCCCCCCCC. The normalized spacial score (nSPS) is 12.8. The number of unbranched alkanes of at least 4 members (excludes halogenated alkanes) is 26. The van der Waals surface area contributed by atoms with E-state index in [4.69, 9.17) is 14.2 Å². The Labute approximate surface area is 409 Å². The van der Waals surface area contributed by atoms with Crippen molar-refractivity contribution in [3.05, 3.63) is 85.1 Å². The molecule has 1 atom stereocenters. The van der Waals surface area contributed by atoms with Crippen molar-refractivity contribution in [1.82, 2.24) is 0 Å². The first-order valence-electron chi connectivity index (χ1n) is 28.1. The van der Waals surface area contributed by atoms with Crippen molar-refractivity contribution in [2.45, 2.75) is 271 Å². The quantitative estimate of drug-likeness (QED) is 0.0346. The zero-order valence-corrected chi connectivity index (χ0v) is 43.7. The number of hydrogen-bond acceptors (Lipinski definition) is 5. The van der Waals surface area contributed by atoms with E-state index in [0.717, 1.165) is 96.3 Å². The molecule has 0 aromatic heterocycles. The van der Waals surface area contributed by atoms with Gasteiger partial charge in [-0.15, -0.1) is 0 Å². The summed E-state index contributed by atoms with van der Waals surface area (Å²) in [4.78, 5) is 25.5. The molecule has 380 valence electrons. The molecule has 5 nitrogen and oxygen atoms in total. The number of carbonyl (C=O) groups excluding carboxylic acids is 2. The number of esters is 2. The molecule has 0 saturated heterocycles. The molecule has 0 radical (unpaired) electrons. The van der Waals surface area contributed by atoms with Crippen LogP contribution in [0, 0.1) is 0 Å².